The van der Waals surface area contributed by atoms with Crippen molar-refractivity contribution in [2.24, 2.45) is 0 Å². The van der Waals surface area contributed by atoms with Crippen LogP contribution in [0.3, 0.4) is 0 Å². The summed E-state index contributed by atoms with van der Waals surface area (Å²) in [5.74, 6) is 1.82. The van der Waals surface area contributed by atoms with E-state index in [4.69, 9.17) is 19.4 Å². The SMILES string of the molecule is COc1cc(C2CCN(C(=O)OC(C)(C)C)CC2)c(C)cc1Nc1nc(Nc2cccc3c2N(S(C)(=O)=O)CC3)c2cc[nH]c2n1. The van der Waals surface area contributed by atoms with Crippen molar-refractivity contribution >= 4 is 56.0 Å². The smallest absolute Gasteiger partial charge is 0.410 e. The number of amides is 1. The van der Waals surface area contributed by atoms with E-state index in [2.05, 4.69) is 28.6 Å². The number of sulfonamides is 1. The lowest BCUT2D eigenvalue weighted by atomic mass is 9.86. The maximum atomic E-state index is 12.6. The third-order valence-electron chi connectivity index (χ3n) is 8.44. The molecule has 0 spiro atoms. The summed E-state index contributed by atoms with van der Waals surface area (Å²) >= 11 is 0. The number of carbonyl (C=O) groups excluding carboxylic acids is 1. The number of anilines is 5. The van der Waals surface area contributed by atoms with Crippen molar-refractivity contribution in [1.82, 2.24) is 19.9 Å². The second-order valence-electron chi connectivity index (χ2n) is 12.9. The zero-order valence-corrected chi connectivity index (χ0v) is 27.9. The van der Waals surface area contributed by atoms with E-state index in [0.29, 0.717) is 60.6 Å². The zero-order valence-electron chi connectivity index (χ0n) is 27.1. The molecule has 0 bridgehead atoms. The van der Waals surface area contributed by atoms with Gasteiger partial charge in [0, 0.05) is 25.8 Å². The maximum Gasteiger partial charge on any atom is 0.410 e. The van der Waals surface area contributed by atoms with Crippen molar-refractivity contribution in [3.05, 3.63) is 59.3 Å². The first kappa shape index (κ1) is 31.5. The molecule has 4 heterocycles. The molecular formula is C33H41N7O5S. The minimum Gasteiger partial charge on any atom is -0.495 e. The molecule has 0 saturated carbocycles. The van der Waals surface area contributed by atoms with Crippen LogP contribution in [-0.2, 0) is 21.2 Å². The number of H-pyrrole nitrogens is 1. The van der Waals surface area contributed by atoms with Gasteiger partial charge in [-0.3, -0.25) is 4.31 Å². The summed E-state index contributed by atoms with van der Waals surface area (Å²) in [7, 11) is -1.81. The summed E-state index contributed by atoms with van der Waals surface area (Å²) < 4.78 is 37.9. The van der Waals surface area contributed by atoms with Crippen LogP contribution in [0.15, 0.2) is 42.6 Å². The molecule has 2 aromatic carbocycles. The third kappa shape index (κ3) is 6.41. The van der Waals surface area contributed by atoms with Gasteiger partial charge in [-0.2, -0.15) is 9.97 Å². The van der Waals surface area contributed by atoms with Gasteiger partial charge in [-0.05, 0) is 93.8 Å². The van der Waals surface area contributed by atoms with Crippen LogP contribution in [0.1, 0.15) is 56.2 Å². The third-order valence-corrected chi connectivity index (χ3v) is 9.61. The molecule has 2 aliphatic rings. The number of fused-ring (bicyclic) bond motifs is 2. The van der Waals surface area contributed by atoms with Crippen LogP contribution < -0.4 is 19.7 Å². The fourth-order valence-electron chi connectivity index (χ4n) is 6.30. The number of hydrogen-bond donors (Lipinski definition) is 3. The lowest BCUT2D eigenvalue weighted by Gasteiger charge is -2.34. The highest BCUT2D eigenvalue weighted by Crippen LogP contribution is 2.40. The number of rotatable bonds is 7. The first-order chi connectivity index (χ1) is 21.8. The minimum atomic E-state index is -3.44. The number of aromatic amines is 1. The van der Waals surface area contributed by atoms with Gasteiger partial charge in [0.2, 0.25) is 16.0 Å². The van der Waals surface area contributed by atoms with E-state index in [0.717, 1.165) is 35.0 Å². The van der Waals surface area contributed by atoms with Crippen LogP contribution in [0.5, 0.6) is 5.75 Å². The fraction of sp³-hybridized carbons (Fsp3) is 0.424. The van der Waals surface area contributed by atoms with Crippen LogP contribution in [-0.4, -0.2) is 73.0 Å². The molecule has 0 unspecified atom stereocenters. The van der Waals surface area contributed by atoms with Crippen LogP contribution in [0.25, 0.3) is 11.0 Å². The molecule has 1 amide bonds. The predicted molar refractivity (Wildman–Crippen MR) is 180 cm³/mol. The van der Waals surface area contributed by atoms with E-state index < -0.39 is 15.6 Å². The number of likely N-dealkylation sites (tertiary alicyclic amines) is 1. The molecule has 244 valence electrons. The Balaban J connectivity index is 1.25. The summed E-state index contributed by atoms with van der Waals surface area (Å²) in [6.45, 7) is 9.38. The van der Waals surface area contributed by atoms with E-state index in [9.17, 15) is 13.2 Å². The van der Waals surface area contributed by atoms with Crippen molar-refractivity contribution in [1.29, 1.82) is 0 Å². The van der Waals surface area contributed by atoms with E-state index in [1.165, 1.54) is 16.1 Å². The molecule has 13 heteroatoms. The van der Waals surface area contributed by atoms with Gasteiger partial charge < -0.3 is 30.0 Å². The summed E-state index contributed by atoms with van der Waals surface area (Å²) in [5.41, 5.74) is 5.36. The number of para-hydroxylation sites is 1. The first-order valence-electron chi connectivity index (χ1n) is 15.5. The Bertz CT molecular complexity index is 1890. The number of aryl methyl sites for hydroxylation is 1. The summed E-state index contributed by atoms with van der Waals surface area (Å²) in [6.07, 6.45) is 5.06. The number of piperidine rings is 1. The van der Waals surface area contributed by atoms with Crippen LogP contribution in [0.2, 0.25) is 0 Å². The standard InChI is InChI=1S/C33H41N7O5S/c1-20-18-26(27(44-5)19-24(20)21-11-15-39(16-12-21)32(41)45-33(2,3)4)36-31-37-29-23(10-14-34-29)30(38-31)35-25-9-7-8-22-13-17-40(28(22)25)46(6,42)43/h7-10,14,18-19,21H,11-13,15-17H2,1-6H3,(H3,34,35,36,37,38). The van der Waals surface area contributed by atoms with E-state index in [1.807, 2.05) is 51.1 Å². The zero-order chi connectivity index (χ0) is 32.8. The molecule has 3 N–H and O–H groups in total. The molecule has 0 aliphatic carbocycles. The van der Waals surface area contributed by atoms with Gasteiger partial charge in [0.15, 0.2) is 0 Å². The van der Waals surface area contributed by atoms with Gasteiger partial charge in [-0.25, -0.2) is 13.2 Å². The van der Waals surface area contributed by atoms with Gasteiger partial charge in [0.05, 0.1) is 35.8 Å². The van der Waals surface area contributed by atoms with Crippen molar-refractivity contribution in [3.8, 4) is 5.75 Å². The lowest BCUT2D eigenvalue weighted by Crippen LogP contribution is -2.41. The molecule has 4 aromatic rings. The Hall–Kier alpha value is -4.52. The van der Waals surface area contributed by atoms with Crippen molar-refractivity contribution in [2.45, 2.75) is 58.5 Å². The van der Waals surface area contributed by atoms with E-state index in [-0.39, 0.29) is 12.0 Å². The number of nitrogens with one attached hydrogen (secondary N) is 3. The largest absolute Gasteiger partial charge is 0.495 e. The first-order valence-corrected chi connectivity index (χ1v) is 17.3. The van der Waals surface area contributed by atoms with Crippen LogP contribution in [0.4, 0.5) is 33.6 Å². The molecule has 2 aliphatic heterocycles. The molecule has 2 aromatic heterocycles. The Kier molecular flexibility index (Phi) is 8.21. The second-order valence-corrected chi connectivity index (χ2v) is 14.8. The number of aromatic nitrogens is 3. The number of benzene rings is 2. The molecule has 46 heavy (non-hydrogen) atoms. The van der Waals surface area contributed by atoms with E-state index in [1.54, 1.807) is 18.2 Å². The number of carbonyl (C=O) groups is 1. The van der Waals surface area contributed by atoms with Gasteiger partial charge in [-0.15, -0.1) is 0 Å². The highest BCUT2D eigenvalue weighted by atomic mass is 32.2. The molecular weight excluding hydrogens is 606 g/mol. The molecule has 6 rings (SSSR count). The quantitative estimate of drug-likeness (QED) is 0.214. The summed E-state index contributed by atoms with van der Waals surface area (Å²) in [4.78, 5) is 27.0. The fourth-order valence-corrected chi connectivity index (χ4v) is 7.27. The predicted octanol–water partition coefficient (Wildman–Crippen LogP) is 6.20. The Morgan fingerprint density at radius 2 is 1.80 bits per heavy atom. The Morgan fingerprint density at radius 3 is 2.50 bits per heavy atom. The van der Waals surface area contributed by atoms with Gasteiger partial charge in [-0.1, -0.05) is 12.1 Å². The number of methoxy groups -OCH3 is 1. The monoisotopic (exact) mass is 647 g/mol. The maximum absolute atomic E-state index is 12.6. The highest BCUT2D eigenvalue weighted by molar-refractivity contribution is 7.92. The molecule has 0 radical (unpaired) electrons. The molecule has 1 fully saturated rings. The van der Waals surface area contributed by atoms with Crippen molar-refractivity contribution in [2.75, 3.05) is 47.9 Å². The normalized spacial score (nSPS) is 15.6. The summed E-state index contributed by atoms with van der Waals surface area (Å²) in [6, 6.07) is 11.7. The number of hydrogen-bond acceptors (Lipinski definition) is 9. The lowest BCUT2D eigenvalue weighted by molar-refractivity contribution is 0.0204. The number of nitrogens with zero attached hydrogens (tertiary/aromatic N) is 4. The van der Waals surface area contributed by atoms with Gasteiger partial charge in [0.1, 0.15) is 22.8 Å². The van der Waals surface area contributed by atoms with Crippen LogP contribution >= 0.6 is 0 Å². The molecule has 1 saturated heterocycles. The minimum absolute atomic E-state index is 0.267. The van der Waals surface area contributed by atoms with Gasteiger partial charge >= 0.3 is 6.09 Å². The summed E-state index contributed by atoms with van der Waals surface area (Å²) in [5, 5.41) is 7.51. The van der Waals surface area contributed by atoms with Crippen LogP contribution in [0, 0.1) is 6.92 Å². The topological polar surface area (TPSA) is 142 Å². The van der Waals surface area contributed by atoms with Crippen molar-refractivity contribution < 1.29 is 22.7 Å². The van der Waals surface area contributed by atoms with Crippen molar-refractivity contribution in [3.63, 3.8) is 0 Å². The molecule has 0 atom stereocenters. The van der Waals surface area contributed by atoms with E-state index >= 15 is 0 Å². The Labute approximate surface area is 269 Å². The average Bonchev–Trinajstić information content (AvgIpc) is 3.65. The van der Waals surface area contributed by atoms with Gasteiger partial charge in [0.25, 0.3) is 0 Å². The Morgan fingerprint density at radius 1 is 1.04 bits per heavy atom. The number of ether oxygens (including phenoxy) is 2. The average molecular weight is 648 g/mol. The highest BCUT2D eigenvalue weighted by Gasteiger charge is 2.30. The second kappa shape index (κ2) is 12.0. The molecule has 12 nitrogen and oxygen atoms in total.